The monoisotopic (exact) mass is 294 g/mol. The van der Waals surface area contributed by atoms with Crippen LogP contribution in [0.25, 0.3) is 0 Å². The molecule has 0 aromatic heterocycles. The summed E-state index contributed by atoms with van der Waals surface area (Å²) in [5.74, 6) is 0.603. The number of terminal acetylenes is 1. The van der Waals surface area contributed by atoms with Gasteiger partial charge < -0.3 is 10.1 Å². The van der Waals surface area contributed by atoms with E-state index in [-0.39, 0.29) is 11.3 Å². The summed E-state index contributed by atoms with van der Waals surface area (Å²) in [5.41, 5.74) is -0.714. The molecule has 1 aromatic carbocycles. The Bertz CT molecular complexity index is 581. The summed E-state index contributed by atoms with van der Waals surface area (Å²) in [6, 6.07) is 1.79. The van der Waals surface area contributed by atoms with Gasteiger partial charge in [0.25, 0.3) is 5.69 Å². The van der Waals surface area contributed by atoms with Crippen LogP contribution >= 0.6 is 0 Å². The van der Waals surface area contributed by atoms with Gasteiger partial charge in [-0.3, -0.25) is 10.1 Å². The molecular formula is C14H15FN2O4. The van der Waals surface area contributed by atoms with E-state index in [1.165, 1.54) is 0 Å². The zero-order valence-corrected chi connectivity index (χ0v) is 11.5. The van der Waals surface area contributed by atoms with Crippen LogP contribution in [0.2, 0.25) is 0 Å². The van der Waals surface area contributed by atoms with Crippen molar-refractivity contribution in [3.63, 3.8) is 0 Å². The third-order valence-corrected chi connectivity index (χ3v) is 2.75. The number of nitrogens with one attached hydrogen (secondary N) is 1. The Morgan fingerprint density at radius 1 is 1.52 bits per heavy atom. The average Bonchev–Trinajstić information content (AvgIpc) is 2.47. The summed E-state index contributed by atoms with van der Waals surface area (Å²) in [6.45, 7) is 0.425. The first-order chi connectivity index (χ1) is 10.0. The lowest BCUT2D eigenvalue weighted by atomic mass is 10.1. The third-order valence-electron chi connectivity index (χ3n) is 2.75. The van der Waals surface area contributed by atoms with Crippen LogP contribution < -0.4 is 5.32 Å². The second-order valence-corrected chi connectivity index (χ2v) is 4.19. The number of esters is 1. The molecule has 0 unspecified atom stereocenters. The number of nitro groups is 1. The van der Waals surface area contributed by atoms with Gasteiger partial charge in [-0.2, -0.15) is 0 Å². The molecule has 1 rings (SSSR count). The molecule has 0 fully saturated rings. The normalized spacial score (nSPS) is 9.76. The molecule has 112 valence electrons. The van der Waals surface area contributed by atoms with Gasteiger partial charge in [-0.1, -0.05) is 0 Å². The molecule has 0 spiro atoms. The van der Waals surface area contributed by atoms with E-state index in [9.17, 15) is 19.3 Å². The van der Waals surface area contributed by atoms with Gasteiger partial charge in [-0.15, -0.1) is 12.3 Å². The molecule has 0 saturated carbocycles. The highest BCUT2D eigenvalue weighted by molar-refractivity contribution is 5.91. The molecule has 0 amide bonds. The zero-order valence-electron chi connectivity index (χ0n) is 11.5. The first-order valence-corrected chi connectivity index (χ1v) is 6.24. The van der Waals surface area contributed by atoms with Crippen molar-refractivity contribution >= 4 is 17.3 Å². The molecule has 7 heteroatoms. The largest absolute Gasteiger partial charge is 0.465 e. The highest BCUT2D eigenvalue weighted by atomic mass is 19.1. The van der Waals surface area contributed by atoms with E-state index in [2.05, 4.69) is 16.0 Å². The number of rotatable bonds is 7. The summed E-state index contributed by atoms with van der Waals surface area (Å²) >= 11 is 0. The lowest BCUT2D eigenvalue weighted by Gasteiger charge is -2.09. The van der Waals surface area contributed by atoms with E-state index in [0.29, 0.717) is 25.5 Å². The summed E-state index contributed by atoms with van der Waals surface area (Å²) in [5, 5.41) is 13.7. The number of anilines is 1. The molecule has 21 heavy (non-hydrogen) atoms. The maximum absolute atomic E-state index is 13.7. The van der Waals surface area contributed by atoms with Gasteiger partial charge in [0.15, 0.2) is 0 Å². The highest BCUT2D eigenvalue weighted by Crippen LogP contribution is 2.28. The molecule has 0 atom stereocenters. The number of nitrogens with zero attached hydrogens (tertiary/aromatic N) is 1. The van der Waals surface area contributed by atoms with Crippen molar-refractivity contribution in [2.24, 2.45) is 0 Å². The van der Waals surface area contributed by atoms with Crippen LogP contribution in [0, 0.1) is 28.3 Å². The number of nitro benzene ring substituents is 1. The number of carbonyl (C=O) groups excluding carboxylic acids is 1. The number of carbonyl (C=O) groups is 1. The van der Waals surface area contributed by atoms with E-state index < -0.39 is 22.4 Å². The molecule has 0 radical (unpaired) electrons. The van der Waals surface area contributed by atoms with Crippen LogP contribution in [0.4, 0.5) is 15.8 Å². The van der Waals surface area contributed by atoms with Gasteiger partial charge in [-0.05, 0) is 18.9 Å². The number of methoxy groups -OCH3 is 1. The molecule has 1 N–H and O–H groups in total. The Labute approximate surface area is 121 Å². The van der Waals surface area contributed by atoms with Gasteiger partial charge in [0, 0.05) is 13.0 Å². The molecule has 0 bridgehead atoms. The highest BCUT2D eigenvalue weighted by Gasteiger charge is 2.22. The molecule has 0 aliphatic carbocycles. The van der Waals surface area contributed by atoms with Crippen molar-refractivity contribution in [2.45, 2.75) is 19.3 Å². The van der Waals surface area contributed by atoms with Crippen LogP contribution in [0.3, 0.4) is 0 Å². The Morgan fingerprint density at radius 3 is 2.81 bits per heavy atom. The second kappa shape index (κ2) is 7.85. The number of benzene rings is 1. The quantitative estimate of drug-likeness (QED) is 0.275. The number of halogens is 1. The lowest BCUT2D eigenvalue weighted by Crippen LogP contribution is -2.09. The summed E-state index contributed by atoms with van der Waals surface area (Å²) in [6.07, 6.45) is 7.20. The van der Waals surface area contributed by atoms with E-state index in [1.54, 1.807) is 0 Å². The smallest absolute Gasteiger partial charge is 0.340 e. The summed E-state index contributed by atoms with van der Waals surface area (Å²) < 4.78 is 18.1. The van der Waals surface area contributed by atoms with Crippen LogP contribution in [-0.4, -0.2) is 24.5 Å². The minimum absolute atomic E-state index is 0.0718. The Morgan fingerprint density at radius 2 is 2.24 bits per heavy atom. The fourth-order valence-electron chi connectivity index (χ4n) is 1.70. The summed E-state index contributed by atoms with van der Waals surface area (Å²) in [4.78, 5) is 21.6. The van der Waals surface area contributed by atoms with Crippen LogP contribution in [0.5, 0.6) is 0 Å². The first kappa shape index (κ1) is 16.4. The fraction of sp³-hybridized carbons (Fsp3) is 0.357. The number of hydrogen-bond acceptors (Lipinski definition) is 5. The van der Waals surface area contributed by atoms with Crippen molar-refractivity contribution < 1.29 is 18.8 Å². The van der Waals surface area contributed by atoms with E-state index in [0.717, 1.165) is 19.6 Å². The average molecular weight is 294 g/mol. The van der Waals surface area contributed by atoms with Crippen LogP contribution in [0.1, 0.15) is 29.6 Å². The predicted molar refractivity (Wildman–Crippen MR) is 75.6 cm³/mol. The molecule has 1 aromatic rings. The van der Waals surface area contributed by atoms with Gasteiger partial charge in [0.1, 0.15) is 11.5 Å². The van der Waals surface area contributed by atoms with Crippen molar-refractivity contribution in [2.75, 3.05) is 19.0 Å². The van der Waals surface area contributed by atoms with Crippen molar-refractivity contribution in [3.8, 4) is 12.3 Å². The molecule has 6 nitrogen and oxygen atoms in total. The Hall–Kier alpha value is -2.62. The SMILES string of the molecule is C#CCCCCNc1cc(C(=O)OC)c(F)cc1[N+](=O)[O-]. The summed E-state index contributed by atoms with van der Waals surface area (Å²) in [7, 11) is 1.11. The van der Waals surface area contributed by atoms with E-state index in [1.807, 2.05) is 0 Å². The first-order valence-electron chi connectivity index (χ1n) is 6.24. The topological polar surface area (TPSA) is 81.5 Å². The van der Waals surface area contributed by atoms with Gasteiger partial charge in [-0.25, -0.2) is 9.18 Å². The van der Waals surface area contributed by atoms with Gasteiger partial charge in [0.2, 0.25) is 0 Å². The predicted octanol–water partition coefficient (Wildman–Crippen LogP) is 2.74. The van der Waals surface area contributed by atoms with Crippen LogP contribution in [0.15, 0.2) is 12.1 Å². The molecule has 0 saturated heterocycles. The lowest BCUT2D eigenvalue weighted by molar-refractivity contribution is -0.384. The van der Waals surface area contributed by atoms with Gasteiger partial charge >= 0.3 is 5.97 Å². The van der Waals surface area contributed by atoms with Crippen LogP contribution in [-0.2, 0) is 4.74 Å². The Kier molecular flexibility index (Phi) is 6.14. The molecule has 0 aliphatic rings. The minimum atomic E-state index is -0.994. The zero-order chi connectivity index (χ0) is 15.8. The number of unbranched alkanes of at least 4 members (excludes halogenated alkanes) is 2. The van der Waals surface area contributed by atoms with E-state index >= 15 is 0 Å². The second-order valence-electron chi connectivity index (χ2n) is 4.19. The third kappa shape index (κ3) is 4.45. The van der Waals surface area contributed by atoms with E-state index in [4.69, 9.17) is 6.42 Å². The van der Waals surface area contributed by atoms with Crippen molar-refractivity contribution in [1.29, 1.82) is 0 Å². The Balaban J connectivity index is 2.95. The molecular weight excluding hydrogens is 279 g/mol. The minimum Gasteiger partial charge on any atom is -0.465 e. The number of ether oxygens (including phenoxy) is 1. The maximum atomic E-state index is 13.7. The maximum Gasteiger partial charge on any atom is 0.340 e. The van der Waals surface area contributed by atoms with Crippen molar-refractivity contribution in [3.05, 3.63) is 33.6 Å². The molecule has 0 aliphatic heterocycles. The standard InChI is InChI=1S/C14H15FN2O4/c1-3-4-5-6-7-16-12-8-10(14(18)21-2)11(15)9-13(12)17(19)20/h1,8-9,16H,4-7H2,2H3. The molecule has 0 heterocycles. The van der Waals surface area contributed by atoms with Gasteiger partial charge in [0.05, 0.1) is 23.7 Å². The van der Waals surface area contributed by atoms with Crippen molar-refractivity contribution in [1.82, 2.24) is 0 Å². The number of hydrogen-bond donors (Lipinski definition) is 1. The fourth-order valence-corrected chi connectivity index (χ4v) is 1.70.